The average Bonchev–Trinajstić information content (AvgIpc) is 3.28. The van der Waals surface area contributed by atoms with E-state index in [1.807, 2.05) is 24.3 Å². The van der Waals surface area contributed by atoms with E-state index in [1.54, 1.807) is 12.1 Å². The van der Waals surface area contributed by atoms with Crippen LogP contribution in [-0.2, 0) is 11.3 Å². The van der Waals surface area contributed by atoms with E-state index in [1.165, 1.54) is 29.2 Å². The molecule has 3 aromatic rings. The third kappa shape index (κ3) is 4.58. The van der Waals surface area contributed by atoms with Gasteiger partial charge in [0.2, 0.25) is 0 Å². The molecule has 4 rings (SSSR count). The van der Waals surface area contributed by atoms with Gasteiger partial charge in [-0.25, -0.2) is 0 Å². The molecule has 1 saturated heterocycles. The molecule has 1 aliphatic heterocycles. The second-order valence-corrected chi connectivity index (χ2v) is 8.84. The Hall–Kier alpha value is -2.88. The summed E-state index contributed by atoms with van der Waals surface area (Å²) >= 11 is 10.4. The number of nitro groups is 1. The van der Waals surface area contributed by atoms with Crippen molar-refractivity contribution in [2.45, 2.75) is 6.54 Å². The largest absolute Gasteiger partial charge is 0.457 e. The third-order valence-electron chi connectivity index (χ3n) is 4.43. The Morgan fingerprint density at radius 3 is 2.71 bits per heavy atom. The highest BCUT2D eigenvalue weighted by atomic mass is 79.9. The van der Waals surface area contributed by atoms with Gasteiger partial charge in [-0.1, -0.05) is 39.7 Å². The molecular formula is C21H12BrClN2O5S. The number of thioether (sulfide) groups is 1. The first-order chi connectivity index (χ1) is 14.8. The third-order valence-corrected chi connectivity index (χ3v) is 6.16. The molecule has 0 radical (unpaired) electrons. The lowest BCUT2D eigenvalue weighted by atomic mass is 10.1. The number of carbonyl (C=O) groups is 2. The Morgan fingerprint density at radius 1 is 1.16 bits per heavy atom. The smallest absolute Gasteiger partial charge is 0.293 e. The molecule has 156 valence electrons. The summed E-state index contributed by atoms with van der Waals surface area (Å²) in [5.74, 6) is 0.222. The minimum absolute atomic E-state index is 0.119. The lowest BCUT2D eigenvalue weighted by Crippen LogP contribution is -2.27. The summed E-state index contributed by atoms with van der Waals surface area (Å²) in [6.45, 7) is 0.161. The van der Waals surface area contributed by atoms with Gasteiger partial charge < -0.3 is 4.42 Å². The molecule has 0 spiro atoms. The first-order valence-corrected chi connectivity index (χ1v) is 10.8. The molecular weight excluding hydrogens is 508 g/mol. The molecule has 0 bridgehead atoms. The van der Waals surface area contributed by atoms with Gasteiger partial charge in [0.1, 0.15) is 11.5 Å². The van der Waals surface area contributed by atoms with Crippen molar-refractivity contribution >= 4 is 62.2 Å². The van der Waals surface area contributed by atoms with Crippen LogP contribution in [0.4, 0.5) is 10.5 Å². The summed E-state index contributed by atoms with van der Waals surface area (Å²) in [7, 11) is 0. The Kier molecular flexibility index (Phi) is 5.99. The van der Waals surface area contributed by atoms with Gasteiger partial charge in [0.05, 0.1) is 21.4 Å². The topological polar surface area (TPSA) is 93.7 Å². The summed E-state index contributed by atoms with van der Waals surface area (Å²) in [4.78, 5) is 37.0. The predicted molar refractivity (Wildman–Crippen MR) is 121 cm³/mol. The Labute approximate surface area is 193 Å². The number of benzene rings is 2. The van der Waals surface area contributed by atoms with E-state index in [9.17, 15) is 19.7 Å². The highest BCUT2D eigenvalue weighted by molar-refractivity contribution is 9.10. The molecule has 0 saturated carbocycles. The first-order valence-electron chi connectivity index (χ1n) is 8.86. The summed E-state index contributed by atoms with van der Waals surface area (Å²) in [5, 5.41) is 10.9. The van der Waals surface area contributed by atoms with E-state index in [2.05, 4.69) is 15.9 Å². The molecule has 2 aromatic carbocycles. The van der Waals surface area contributed by atoms with Crippen molar-refractivity contribution in [2.75, 3.05) is 0 Å². The number of nitrogens with zero attached hydrogens (tertiary/aromatic N) is 2. The molecule has 1 fully saturated rings. The van der Waals surface area contributed by atoms with Gasteiger partial charge in [-0.3, -0.25) is 24.6 Å². The average molecular weight is 520 g/mol. The molecule has 0 atom stereocenters. The van der Waals surface area contributed by atoms with Gasteiger partial charge in [-0.05, 0) is 47.7 Å². The monoisotopic (exact) mass is 518 g/mol. The van der Waals surface area contributed by atoms with Crippen LogP contribution in [0, 0.1) is 10.1 Å². The van der Waals surface area contributed by atoms with Crippen LogP contribution in [0.3, 0.4) is 0 Å². The standard InChI is InChI=1S/C21H12BrClN2O5S/c22-13-3-1-2-12(8-13)11-24-20(26)19(31-21(24)27)10-15-5-7-18(30-15)16-9-14(25(28)29)4-6-17(16)23/h1-10H,11H2/b19-10+. The minimum atomic E-state index is -0.523. The summed E-state index contributed by atoms with van der Waals surface area (Å²) in [6.07, 6.45) is 1.47. The van der Waals surface area contributed by atoms with Crippen molar-refractivity contribution in [3.8, 4) is 11.3 Å². The van der Waals surface area contributed by atoms with Crippen molar-refractivity contribution in [1.29, 1.82) is 0 Å². The number of carbonyl (C=O) groups excluding carboxylic acids is 2. The fourth-order valence-corrected chi connectivity index (χ4v) is 4.45. The Bertz CT molecular complexity index is 1260. The van der Waals surface area contributed by atoms with Crippen LogP contribution < -0.4 is 0 Å². The summed E-state index contributed by atoms with van der Waals surface area (Å²) in [5.41, 5.74) is 1.06. The molecule has 0 unspecified atom stereocenters. The SMILES string of the molecule is O=C1S/C(=C/c2ccc(-c3cc([N+](=O)[O-])ccc3Cl)o2)C(=O)N1Cc1cccc(Br)c1. The summed E-state index contributed by atoms with van der Waals surface area (Å²) < 4.78 is 6.57. The van der Waals surface area contributed by atoms with Gasteiger partial charge >= 0.3 is 0 Å². The normalized spacial score (nSPS) is 15.2. The number of nitro benzene ring substituents is 1. The number of amides is 2. The maximum atomic E-state index is 12.7. The number of imide groups is 1. The molecule has 10 heteroatoms. The molecule has 2 heterocycles. The van der Waals surface area contributed by atoms with E-state index in [0.29, 0.717) is 22.1 Å². The van der Waals surface area contributed by atoms with E-state index < -0.39 is 10.8 Å². The van der Waals surface area contributed by atoms with E-state index in [-0.39, 0.29) is 22.4 Å². The number of hydrogen-bond acceptors (Lipinski definition) is 6. The van der Waals surface area contributed by atoms with Crippen LogP contribution in [-0.4, -0.2) is 21.0 Å². The molecule has 1 aliphatic rings. The quantitative estimate of drug-likeness (QED) is 0.217. The van der Waals surface area contributed by atoms with Crippen LogP contribution in [0.15, 0.2) is 68.4 Å². The van der Waals surface area contributed by atoms with Crippen molar-refractivity contribution in [3.63, 3.8) is 0 Å². The maximum Gasteiger partial charge on any atom is 0.293 e. The summed E-state index contributed by atoms with van der Waals surface area (Å²) in [6, 6.07) is 14.6. The fourth-order valence-electron chi connectivity index (χ4n) is 2.97. The number of furan rings is 1. The van der Waals surface area contributed by atoms with Gasteiger partial charge in [0.25, 0.3) is 16.8 Å². The lowest BCUT2D eigenvalue weighted by Gasteiger charge is -2.12. The van der Waals surface area contributed by atoms with Crippen LogP contribution in [0.25, 0.3) is 17.4 Å². The number of halogens is 2. The predicted octanol–water partition coefficient (Wildman–Crippen LogP) is 6.51. The minimum Gasteiger partial charge on any atom is -0.457 e. The zero-order valence-corrected chi connectivity index (χ0v) is 18.7. The van der Waals surface area contributed by atoms with Crippen LogP contribution in [0.5, 0.6) is 0 Å². The number of non-ortho nitro benzene ring substituents is 1. The Balaban J connectivity index is 1.57. The lowest BCUT2D eigenvalue weighted by molar-refractivity contribution is -0.384. The number of hydrogen-bond donors (Lipinski definition) is 0. The zero-order chi connectivity index (χ0) is 22.1. The van der Waals surface area contributed by atoms with Gasteiger partial charge in [-0.2, -0.15) is 0 Å². The highest BCUT2D eigenvalue weighted by Gasteiger charge is 2.35. The van der Waals surface area contributed by atoms with Crippen LogP contribution in [0.2, 0.25) is 5.02 Å². The maximum absolute atomic E-state index is 12.7. The van der Waals surface area contributed by atoms with E-state index in [0.717, 1.165) is 21.8 Å². The molecule has 0 N–H and O–H groups in total. The number of rotatable bonds is 5. The highest BCUT2D eigenvalue weighted by Crippen LogP contribution is 2.36. The molecule has 31 heavy (non-hydrogen) atoms. The van der Waals surface area contributed by atoms with Gasteiger partial charge in [0, 0.05) is 28.2 Å². The molecule has 0 aliphatic carbocycles. The fraction of sp³-hybridized carbons (Fsp3) is 0.0476. The van der Waals surface area contributed by atoms with Crippen molar-refractivity contribution < 1.29 is 18.9 Å². The molecule has 7 nitrogen and oxygen atoms in total. The van der Waals surface area contributed by atoms with Crippen molar-refractivity contribution in [3.05, 3.63) is 90.4 Å². The van der Waals surface area contributed by atoms with Crippen LogP contribution in [0.1, 0.15) is 11.3 Å². The molecule has 2 amide bonds. The van der Waals surface area contributed by atoms with Crippen molar-refractivity contribution in [2.24, 2.45) is 0 Å². The van der Waals surface area contributed by atoms with E-state index >= 15 is 0 Å². The first kappa shape index (κ1) is 21.4. The Morgan fingerprint density at radius 2 is 1.97 bits per heavy atom. The molecule has 1 aromatic heterocycles. The van der Waals surface area contributed by atoms with Gasteiger partial charge in [0.15, 0.2) is 0 Å². The zero-order valence-electron chi connectivity index (χ0n) is 15.6. The second-order valence-electron chi connectivity index (χ2n) is 6.52. The van der Waals surface area contributed by atoms with E-state index in [4.69, 9.17) is 16.0 Å². The van der Waals surface area contributed by atoms with Gasteiger partial charge in [-0.15, -0.1) is 0 Å². The van der Waals surface area contributed by atoms with Crippen LogP contribution >= 0.6 is 39.3 Å². The second kappa shape index (κ2) is 8.70. The van der Waals surface area contributed by atoms with Crippen molar-refractivity contribution in [1.82, 2.24) is 4.90 Å².